The van der Waals surface area contributed by atoms with Crippen LogP contribution in [-0.4, -0.2) is 16.5 Å². The molecule has 0 spiro atoms. The van der Waals surface area contributed by atoms with Gasteiger partial charge in [-0.15, -0.1) is 11.3 Å². The van der Waals surface area contributed by atoms with Crippen molar-refractivity contribution in [3.63, 3.8) is 0 Å². The lowest BCUT2D eigenvalue weighted by molar-refractivity contribution is -0.385. The SMILES string of the molecule is Cc1ccc(-c2csc(CNCC3CC3)n2)cc1[N+](=O)[O-]. The van der Waals surface area contributed by atoms with E-state index in [4.69, 9.17) is 0 Å². The molecule has 0 bridgehead atoms. The van der Waals surface area contributed by atoms with Crippen LogP contribution in [0, 0.1) is 23.0 Å². The summed E-state index contributed by atoms with van der Waals surface area (Å²) in [5.74, 6) is 0.851. The number of aromatic nitrogens is 1. The van der Waals surface area contributed by atoms with Crippen LogP contribution in [0.3, 0.4) is 0 Å². The molecule has 1 aliphatic rings. The third-order valence-electron chi connectivity index (χ3n) is 3.66. The summed E-state index contributed by atoms with van der Waals surface area (Å²) in [6.07, 6.45) is 2.67. The fourth-order valence-electron chi connectivity index (χ4n) is 2.20. The number of nitro groups is 1. The zero-order chi connectivity index (χ0) is 14.8. The first kappa shape index (κ1) is 14.2. The first-order valence-corrected chi connectivity index (χ1v) is 7.92. The maximum Gasteiger partial charge on any atom is 0.272 e. The van der Waals surface area contributed by atoms with Gasteiger partial charge in [-0.1, -0.05) is 12.1 Å². The molecule has 1 N–H and O–H groups in total. The molecule has 1 fully saturated rings. The van der Waals surface area contributed by atoms with Crippen molar-refractivity contribution in [3.8, 4) is 11.3 Å². The predicted octanol–water partition coefficient (Wildman–Crippen LogP) is 3.53. The Hall–Kier alpha value is -1.79. The highest BCUT2D eigenvalue weighted by Crippen LogP contribution is 2.29. The Morgan fingerprint density at radius 3 is 3.00 bits per heavy atom. The van der Waals surface area contributed by atoms with Gasteiger partial charge in [0.25, 0.3) is 5.69 Å². The van der Waals surface area contributed by atoms with Crippen molar-refractivity contribution >= 4 is 17.0 Å². The fourth-order valence-corrected chi connectivity index (χ4v) is 2.97. The van der Waals surface area contributed by atoms with Crippen LogP contribution in [-0.2, 0) is 6.54 Å². The Kier molecular flexibility index (Phi) is 3.98. The molecule has 1 aromatic heterocycles. The second-order valence-corrected chi connectivity index (χ2v) is 6.40. The Labute approximate surface area is 127 Å². The molecule has 0 aliphatic heterocycles. The van der Waals surface area contributed by atoms with E-state index in [1.165, 1.54) is 12.8 Å². The van der Waals surface area contributed by atoms with Gasteiger partial charge in [-0.3, -0.25) is 10.1 Å². The van der Waals surface area contributed by atoms with E-state index in [9.17, 15) is 10.1 Å². The smallest absolute Gasteiger partial charge is 0.272 e. The van der Waals surface area contributed by atoms with Crippen LogP contribution >= 0.6 is 11.3 Å². The average Bonchev–Trinajstić information content (AvgIpc) is 3.16. The highest BCUT2D eigenvalue weighted by molar-refractivity contribution is 7.09. The standard InChI is InChI=1S/C15H17N3O2S/c1-10-2-5-12(6-14(10)18(19)20)13-9-21-15(17-13)8-16-7-11-3-4-11/h2,5-6,9,11,16H,3-4,7-8H2,1H3. The molecule has 3 rings (SSSR count). The maximum absolute atomic E-state index is 11.0. The second kappa shape index (κ2) is 5.91. The molecule has 1 heterocycles. The Morgan fingerprint density at radius 1 is 1.48 bits per heavy atom. The lowest BCUT2D eigenvalue weighted by Crippen LogP contribution is -2.15. The Bertz CT molecular complexity index is 665. The zero-order valence-corrected chi connectivity index (χ0v) is 12.7. The molecule has 1 aromatic carbocycles. The van der Waals surface area contributed by atoms with Gasteiger partial charge < -0.3 is 5.32 Å². The average molecular weight is 303 g/mol. The van der Waals surface area contributed by atoms with E-state index < -0.39 is 0 Å². The number of rotatable bonds is 6. The minimum absolute atomic E-state index is 0.147. The molecule has 2 aromatic rings. The number of thiazole rings is 1. The predicted molar refractivity (Wildman–Crippen MR) is 83.4 cm³/mol. The van der Waals surface area contributed by atoms with Crippen molar-refractivity contribution in [2.24, 2.45) is 5.92 Å². The van der Waals surface area contributed by atoms with Crippen molar-refractivity contribution < 1.29 is 4.92 Å². The summed E-state index contributed by atoms with van der Waals surface area (Å²) >= 11 is 1.59. The first-order valence-electron chi connectivity index (χ1n) is 7.04. The summed E-state index contributed by atoms with van der Waals surface area (Å²) < 4.78 is 0. The van der Waals surface area contributed by atoms with E-state index in [1.807, 2.05) is 11.4 Å². The molecule has 21 heavy (non-hydrogen) atoms. The topological polar surface area (TPSA) is 68.1 Å². The highest BCUT2D eigenvalue weighted by Gasteiger charge is 2.20. The molecule has 0 unspecified atom stereocenters. The van der Waals surface area contributed by atoms with Crippen LogP contribution in [0.5, 0.6) is 0 Å². The van der Waals surface area contributed by atoms with Crippen LogP contribution in [0.1, 0.15) is 23.4 Å². The van der Waals surface area contributed by atoms with E-state index in [-0.39, 0.29) is 10.6 Å². The quantitative estimate of drug-likeness (QED) is 0.655. The Balaban J connectivity index is 1.72. The van der Waals surface area contributed by atoms with Crippen LogP contribution < -0.4 is 5.32 Å². The van der Waals surface area contributed by atoms with Gasteiger partial charge in [0.1, 0.15) is 5.01 Å². The molecule has 0 atom stereocenters. The molecule has 0 radical (unpaired) electrons. The van der Waals surface area contributed by atoms with Crippen molar-refractivity contribution in [2.45, 2.75) is 26.3 Å². The van der Waals surface area contributed by atoms with E-state index in [0.717, 1.165) is 35.3 Å². The monoisotopic (exact) mass is 303 g/mol. The summed E-state index contributed by atoms with van der Waals surface area (Å²) in [7, 11) is 0. The number of benzene rings is 1. The largest absolute Gasteiger partial charge is 0.310 e. The maximum atomic E-state index is 11.0. The summed E-state index contributed by atoms with van der Waals surface area (Å²) in [6, 6.07) is 5.27. The molecule has 0 amide bonds. The minimum atomic E-state index is -0.344. The van der Waals surface area contributed by atoms with E-state index in [2.05, 4.69) is 10.3 Å². The summed E-state index contributed by atoms with van der Waals surface area (Å²) in [6.45, 7) is 3.58. The number of hydrogen-bond donors (Lipinski definition) is 1. The van der Waals surface area contributed by atoms with Crippen LogP contribution in [0.25, 0.3) is 11.3 Å². The van der Waals surface area contributed by atoms with Gasteiger partial charge in [0.2, 0.25) is 0 Å². The van der Waals surface area contributed by atoms with Gasteiger partial charge in [-0.25, -0.2) is 4.98 Å². The highest BCUT2D eigenvalue weighted by atomic mass is 32.1. The molecule has 110 valence electrons. The number of hydrogen-bond acceptors (Lipinski definition) is 5. The van der Waals surface area contributed by atoms with Gasteiger partial charge >= 0.3 is 0 Å². The Morgan fingerprint density at radius 2 is 2.29 bits per heavy atom. The molecule has 0 saturated heterocycles. The van der Waals surface area contributed by atoms with Crippen LogP contribution in [0.2, 0.25) is 0 Å². The lowest BCUT2D eigenvalue weighted by atomic mass is 10.1. The zero-order valence-electron chi connectivity index (χ0n) is 11.8. The van der Waals surface area contributed by atoms with Gasteiger partial charge in [-0.05, 0) is 32.2 Å². The summed E-state index contributed by atoms with van der Waals surface area (Å²) in [5, 5.41) is 17.4. The van der Waals surface area contributed by atoms with Crippen LogP contribution in [0.4, 0.5) is 5.69 Å². The van der Waals surface area contributed by atoms with E-state index in [1.54, 1.807) is 30.4 Å². The molecule has 1 saturated carbocycles. The third kappa shape index (κ3) is 3.46. The van der Waals surface area contributed by atoms with Crippen molar-refractivity contribution in [3.05, 3.63) is 44.3 Å². The number of nitro benzene ring substituents is 1. The molecule has 5 nitrogen and oxygen atoms in total. The van der Waals surface area contributed by atoms with Gasteiger partial charge in [0.05, 0.1) is 10.6 Å². The number of nitrogens with zero attached hydrogens (tertiary/aromatic N) is 2. The van der Waals surface area contributed by atoms with E-state index in [0.29, 0.717) is 5.56 Å². The van der Waals surface area contributed by atoms with Crippen molar-refractivity contribution in [2.75, 3.05) is 6.54 Å². The van der Waals surface area contributed by atoms with Crippen molar-refractivity contribution in [1.29, 1.82) is 0 Å². The first-order chi connectivity index (χ1) is 10.1. The fraction of sp³-hybridized carbons (Fsp3) is 0.400. The van der Waals surface area contributed by atoms with Crippen LogP contribution in [0.15, 0.2) is 23.6 Å². The summed E-state index contributed by atoms with van der Waals surface area (Å²) in [5.41, 5.74) is 2.43. The normalized spacial score (nSPS) is 14.3. The third-order valence-corrected chi connectivity index (χ3v) is 4.51. The van der Waals surface area contributed by atoms with E-state index >= 15 is 0 Å². The van der Waals surface area contributed by atoms with Gasteiger partial charge in [0.15, 0.2) is 0 Å². The second-order valence-electron chi connectivity index (χ2n) is 5.46. The summed E-state index contributed by atoms with van der Waals surface area (Å²) in [4.78, 5) is 15.2. The van der Waals surface area contributed by atoms with Gasteiger partial charge in [0, 0.05) is 29.1 Å². The minimum Gasteiger partial charge on any atom is -0.310 e. The number of nitrogens with one attached hydrogen (secondary N) is 1. The van der Waals surface area contributed by atoms with Gasteiger partial charge in [-0.2, -0.15) is 0 Å². The molecular weight excluding hydrogens is 286 g/mol. The number of aryl methyl sites for hydroxylation is 1. The van der Waals surface area contributed by atoms with Crippen molar-refractivity contribution in [1.82, 2.24) is 10.3 Å². The molecule has 1 aliphatic carbocycles. The molecule has 6 heteroatoms. The molecular formula is C15H17N3O2S. The lowest BCUT2D eigenvalue weighted by Gasteiger charge is -2.01.